The van der Waals surface area contributed by atoms with Crippen molar-refractivity contribution < 1.29 is 14.3 Å². The first-order valence-electron chi connectivity index (χ1n) is 9.81. The third kappa shape index (κ3) is 4.37. The average Bonchev–Trinajstić information content (AvgIpc) is 3.16. The van der Waals surface area contributed by atoms with Crippen molar-refractivity contribution >= 4 is 5.91 Å². The molecule has 1 aromatic rings. The van der Waals surface area contributed by atoms with Crippen LogP contribution in [0.5, 0.6) is 5.75 Å². The predicted molar refractivity (Wildman–Crippen MR) is 99.2 cm³/mol. The molecule has 0 spiro atoms. The average molecular weight is 359 g/mol. The number of amides is 1. The van der Waals surface area contributed by atoms with Gasteiger partial charge < -0.3 is 14.4 Å². The summed E-state index contributed by atoms with van der Waals surface area (Å²) in [5.74, 6) is 0.794. The Labute approximate surface area is 155 Å². The minimum absolute atomic E-state index is 0.0341. The number of nitrogens with zero attached hydrogens (tertiary/aromatic N) is 3. The highest BCUT2D eigenvalue weighted by Gasteiger charge is 2.30. The van der Waals surface area contributed by atoms with Gasteiger partial charge in [-0.2, -0.15) is 0 Å². The van der Waals surface area contributed by atoms with Crippen LogP contribution in [-0.2, 0) is 16.1 Å². The molecular weight excluding hydrogens is 330 g/mol. The number of morpholine rings is 1. The van der Waals surface area contributed by atoms with Crippen molar-refractivity contribution in [2.45, 2.75) is 25.4 Å². The van der Waals surface area contributed by atoms with Gasteiger partial charge in [-0.25, -0.2) is 0 Å². The fourth-order valence-corrected chi connectivity index (χ4v) is 4.20. The SMILES string of the molecule is O=C(COc1ccc(CN2CCN3CCC[C@@H]3C2)cc1)N1CCOCC1. The van der Waals surface area contributed by atoms with Crippen molar-refractivity contribution in [1.82, 2.24) is 14.7 Å². The summed E-state index contributed by atoms with van der Waals surface area (Å²) >= 11 is 0. The number of piperazine rings is 1. The van der Waals surface area contributed by atoms with Crippen LogP contribution in [0.15, 0.2) is 24.3 Å². The quantitative estimate of drug-likeness (QED) is 0.791. The molecule has 3 aliphatic rings. The maximum Gasteiger partial charge on any atom is 0.260 e. The van der Waals surface area contributed by atoms with Crippen LogP contribution in [0.4, 0.5) is 0 Å². The van der Waals surface area contributed by atoms with Gasteiger partial charge in [-0.15, -0.1) is 0 Å². The van der Waals surface area contributed by atoms with E-state index in [1.807, 2.05) is 12.1 Å². The van der Waals surface area contributed by atoms with Gasteiger partial charge in [0.2, 0.25) is 0 Å². The maximum atomic E-state index is 12.1. The smallest absolute Gasteiger partial charge is 0.260 e. The van der Waals surface area contributed by atoms with Gasteiger partial charge in [0.15, 0.2) is 6.61 Å². The molecule has 0 N–H and O–H groups in total. The minimum Gasteiger partial charge on any atom is -0.484 e. The van der Waals surface area contributed by atoms with Crippen LogP contribution < -0.4 is 4.74 Å². The fraction of sp³-hybridized carbons (Fsp3) is 0.650. The molecule has 6 heteroatoms. The molecule has 4 rings (SSSR count). The monoisotopic (exact) mass is 359 g/mol. The summed E-state index contributed by atoms with van der Waals surface area (Å²) in [6.45, 7) is 8.49. The normalized spacial score (nSPS) is 24.5. The molecule has 3 aliphatic heterocycles. The Hall–Kier alpha value is -1.63. The van der Waals surface area contributed by atoms with E-state index >= 15 is 0 Å². The van der Waals surface area contributed by atoms with Gasteiger partial charge in [0.05, 0.1) is 13.2 Å². The molecule has 0 aromatic heterocycles. The summed E-state index contributed by atoms with van der Waals surface area (Å²) in [4.78, 5) is 19.1. The van der Waals surface area contributed by atoms with E-state index in [-0.39, 0.29) is 12.5 Å². The van der Waals surface area contributed by atoms with Gasteiger partial charge in [-0.05, 0) is 37.1 Å². The second kappa shape index (κ2) is 8.37. The molecule has 0 unspecified atom stereocenters. The van der Waals surface area contributed by atoms with E-state index in [2.05, 4.69) is 21.9 Å². The molecule has 26 heavy (non-hydrogen) atoms. The van der Waals surface area contributed by atoms with Crippen LogP contribution >= 0.6 is 0 Å². The summed E-state index contributed by atoms with van der Waals surface area (Å²) in [5, 5.41) is 0. The third-order valence-corrected chi connectivity index (χ3v) is 5.73. The molecule has 0 bridgehead atoms. The van der Waals surface area contributed by atoms with E-state index in [1.165, 1.54) is 38.0 Å². The van der Waals surface area contributed by atoms with E-state index in [0.717, 1.165) is 24.9 Å². The second-order valence-corrected chi connectivity index (χ2v) is 7.49. The maximum absolute atomic E-state index is 12.1. The van der Waals surface area contributed by atoms with E-state index in [1.54, 1.807) is 4.90 Å². The number of fused-ring (bicyclic) bond motifs is 1. The first-order valence-corrected chi connectivity index (χ1v) is 9.81. The standard InChI is InChI=1S/C20H29N3O3/c24-20(23-10-12-25-13-11-23)16-26-19-5-3-17(4-6-19)14-21-8-9-22-7-1-2-18(22)15-21/h3-6,18H,1-2,7-16H2/t18-/m1/s1. The zero-order chi connectivity index (χ0) is 17.8. The Morgan fingerprint density at radius 2 is 1.88 bits per heavy atom. The first kappa shape index (κ1) is 17.8. The number of carbonyl (C=O) groups excluding carboxylic acids is 1. The Morgan fingerprint density at radius 1 is 1.08 bits per heavy atom. The molecule has 3 heterocycles. The lowest BCUT2D eigenvalue weighted by Crippen LogP contribution is -2.49. The van der Waals surface area contributed by atoms with E-state index < -0.39 is 0 Å². The van der Waals surface area contributed by atoms with Gasteiger partial charge in [-0.1, -0.05) is 12.1 Å². The van der Waals surface area contributed by atoms with Crippen molar-refractivity contribution in [2.75, 3.05) is 59.1 Å². The Morgan fingerprint density at radius 3 is 2.69 bits per heavy atom. The number of carbonyl (C=O) groups is 1. The number of hydrogen-bond acceptors (Lipinski definition) is 5. The summed E-state index contributed by atoms with van der Waals surface area (Å²) in [7, 11) is 0. The summed E-state index contributed by atoms with van der Waals surface area (Å²) in [5.41, 5.74) is 1.31. The summed E-state index contributed by atoms with van der Waals surface area (Å²) < 4.78 is 10.9. The minimum atomic E-state index is 0.0341. The molecule has 1 aromatic carbocycles. The zero-order valence-corrected chi connectivity index (χ0v) is 15.4. The Kier molecular flexibility index (Phi) is 5.72. The first-order chi connectivity index (χ1) is 12.8. The molecular formula is C20H29N3O3. The van der Waals surface area contributed by atoms with Gasteiger partial charge in [-0.3, -0.25) is 14.6 Å². The van der Waals surface area contributed by atoms with Crippen LogP contribution in [0, 0.1) is 0 Å². The highest BCUT2D eigenvalue weighted by atomic mass is 16.5. The van der Waals surface area contributed by atoms with E-state index in [0.29, 0.717) is 26.3 Å². The molecule has 3 saturated heterocycles. The third-order valence-electron chi connectivity index (χ3n) is 5.73. The topological polar surface area (TPSA) is 45.2 Å². The largest absolute Gasteiger partial charge is 0.484 e. The molecule has 3 fully saturated rings. The molecule has 0 aliphatic carbocycles. The van der Waals surface area contributed by atoms with Crippen LogP contribution in [0.25, 0.3) is 0 Å². The fourth-order valence-electron chi connectivity index (χ4n) is 4.20. The lowest BCUT2D eigenvalue weighted by Gasteiger charge is -2.37. The van der Waals surface area contributed by atoms with Crippen LogP contribution in [-0.4, -0.2) is 85.7 Å². The molecule has 0 radical (unpaired) electrons. The highest BCUT2D eigenvalue weighted by molar-refractivity contribution is 5.77. The van der Waals surface area contributed by atoms with Crippen molar-refractivity contribution in [1.29, 1.82) is 0 Å². The molecule has 1 atom stereocenters. The molecule has 142 valence electrons. The van der Waals surface area contributed by atoms with Crippen LogP contribution in [0.2, 0.25) is 0 Å². The Balaban J connectivity index is 1.23. The van der Waals surface area contributed by atoms with Crippen molar-refractivity contribution in [3.05, 3.63) is 29.8 Å². The Bertz CT molecular complexity index is 601. The number of benzene rings is 1. The molecule has 0 saturated carbocycles. The van der Waals surface area contributed by atoms with Crippen molar-refractivity contribution in [2.24, 2.45) is 0 Å². The van der Waals surface area contributed by atoms with Gasteiger partial charge in [0.25, 0.3) is 5.91 Å². The van der Waals surface area contributed by atoms with Gasteiger partial charge in [0, 0.05) is 45.3 Å². The number of ether oxygens (including phenoxy) is 2. The zero-order valence-electron chi connectivity index (χ0n) is 15.4. The highest BCUT2D eigenvalue weighted by Crippen LogP contribution is 2.23. The van der Waals surface area contributed by atoms with Gasteiger partial charge >= 0.3 is 0 Å². The molecule has 1 amide bonds. The lowest BCUT2D eigenvalue weighted by molar-refractivity contribution is -0.137. The number of hydrogen-bond donors (Lipinski definition) is 0. The van der Waals surface area contributed by atoms with Crippen LogP contribution in [0.1, 0.15) is 18.4 Å². The molecule has 6 nitrogen and oxygen atoms in total. The summed E-state index contributed by atoms with van der Waals surface area (Å²) in [6.07, 6.45) is 2.70. The van der Waals surface area contributed by atoms with Crippen molar-refractivity contribution in [3.63, 3.8) is 0 Å². The van der Waals surface area contributed by atoms with Gasteiger partial charge in [0.1, 0.15) is 5.75 Å². The number of rotatable bonds is 5. The summed E-state index contributed by atoms with van der Waals surface area (Å²) in [6, 6.07) is 8.96. The lowest BCUT2D eigenvalue weighted by atomic mass is 10.1. The second-order valence-electron chi connectivity index (χ2n) is 7.49. The predicted octanol–water partition coefficient (Wildman–Crippen LogP) is 1.20. The van der Waals surface area contributed by atoms with Crippen LogP contribution in [0.3, 0.4) is 0 Å². The van der Waals surface area contributed by atoms with E-state index in [9.17, 15) is 4.79 Å². The van der Waals surface area contributed by atoms with Crippen molar-refractivity contribution in [3.8, 4) is 5.75 Å². The van der Waals surface area contributed by atoms with E-state index in [4.69, 9.17) is 9.47 Å².